The summed E-state index contributed by atoms with van der Waals surface area (Å²) in [5.41, 5.74) is 7.65. The molecule has 0 heterocycles. The number of carbonyl (C=O) groups is 2. The minimum atomic E-state index is -0.640. The van der Waals surface area contributed by atoms with Crippen LogP contribution in [0.15, 0.2) is 84.0 Å². The van der Waals surface area contributed by atoms with Gasteiger partial charge in [-0.05, 0) is 41.0 Å². The summed E-state index contributed by atoms with van der Waals surface area (Å²) in [5.74, 6) is -1.04. The zero-order valence-electron chi connectivity index (χ0n) is 14.3. The molecular formula is C21H17N3O3. The van der Waals surface area contributed by atoms with Crippen molar-refractivity contribution in [3.8, 4) is 11.1 Å². The summed E-state index contributed by atoms with van der Waals surface area (Å²) in [6, 6.07) is 23.7. The number of hydroxylamine groups is 1. The molecule has 0 aliphatic carbocycles. The van der Waals surface area contributed by atoms with Gasteiger partial charge in [0.15, 0.2) is 0 Å². The standard InChI is InChI=1S/C21H17N3O3/c25-20(18-10-12-19(13-11-18)21(26)24-27)23-22-14-15-6-8-17(9-7-15)16-4-2-1-3-5-16/h1-14,27H,(H,23,25)(H,24,26)/b22-14+. The summed E-state index contributed by atoms with van der Waals surface area (Å²) in [7, 11) is 0. The van der Waals surface area contributed by atoms with E-state index in [0.717, 1.165) is 16.7 Å². The van der Waals surface area contributed by atoms with Crippen LogP contribution in [0.25, 0.3) is 11.1 Å². The molecule has 6 heteroatoms. The van der Waals surface area contributed by atoms with E-state index in [-0.39, 0.29) is 5.56 Å². The van der Waals surface area contributed by atoms with Gasteiger partial charge in [-0.25, -0.2) is 10.9 Å². The van der Waals surface area contributed by atoms with Gasteiger partial charge in [-0.3, -0.25) is 14.8 Å². The van der Waals surface area contributed by atoms with E-state index in [1.807, 2.05) is 54.6 Å². The van der Waals surface area contributed by atoms with Gasteiger partial charge in [-0.1, -0.05) is 54.6 Å². The summed E-state index contributed by atoms with van der Waals surface area (Å²) >= 11 is 0. The highest BCUT2D eigenvalue weighted by Gasteiger charge is 2.07. The topological polar surface area (TPSA) is 90.8 Å². The van der Waals surface area contributed by atoms with Crippen LogP contribution in [-0.2, 0) is 0 Å². The molecule has 27 heavy (non-hydrogen) atoms. The molecule has 0 unspecified atom stereocenters. The Morgan fingerprint density at radius 2 is 1.30 bits per heavy atom. The Morgan fingerprint density at radius 1 is 0.741 bits per heavy atom. The SMILES string of the molecule is O=C(NO)c1ccc(C(=O)N/N=C/c2ccc(-c3ccccc3)cc2)cc1. The lowest BCUT2D eigenvalue weighted by Crippen LogP contribution is -2.20. The quantitative estimate of drug-likeness (QED) is 0.371. The second-order valence-corrected chi connectivity index (χ2v) is 5.71. The minimum absolute atomic E-state index is 0.246. The summed E-state index contributed by atoms with van der Waals surface area (Å²) in [6.07, 6.45) is 1.56. The van der Waals surface area contributed by atoms with Crippen molar-refractivity contribution < 1.29 is 14.8 Å². The number of nitrogens with zero attached hydrogens (tertiary/aromatic N) is 1. The molecule has 0 fully saturated rings. The van der Waals surface area contributed by atoms with E-state index in [0.29, 0.717) is 5.56 Å². The Hall–Kier alpha value is -3.77. The van der Waals surface area contributed by atoms with Gasteiger partial charge in [0.05, 0.1) is 6.21 Å². The molecule has 3 aromatic rings. The predicted molar refractivity (Wildman–Crippen MR) is 103 cm³/mol. The Labute approximate surface area is 156 Å². The van der Waals surface area contributed by atoms with Crippen LogP contribution in [-0.4, -0.2) is 23.2 Å². The smallest absolute Gasteiger partial charge is 0.274 e. The number of benzene rings is 3. The van der Waals surface area contributed by atoms with Gasteiger partial charge < -0.3 is 0 Å². The normalized spacial score (nSPS) is 10.6. The van der Waals surface area contributed by atoms with Gasteiger partial charge in [-0.15, -0.1) is 0 Å². The fourth-order valence-electron chi connectivity index (χ4n) is 2.46. The third kappa shape index (κ3) is 4.65. The molecule has 3 rings (SSSR count). The maximum absolute atomic E-state index is 12.0. The average molecular weight is 359 g/mol. The van der Waals surface area contributed by atoms with E-state index < -0.39 is 11.8 Å². The number of hydrazone groups is 1. The first-order valence-corrected chi connectivity index (χ1v) is 8.21. The molecule has 0 atom stereocenters. The molecule has 134 valence electrons. The van der Waals surface area contributed by atoms with Crippen molar-refractivity contribution in [3.05, 3.63) is 95.6 Å². The lowest BCUT2D eigenvalue weighted by molar-refractivity contribution is 0.0706. The van der Waals surface area contributed by atoms with E-state index in [4.69, 9.17) is 5.21 Å². The third-order valence-electron chi connectivity index (χ3n) is 3.91. The van der Waals surface area contributed by atoms with Crippen LogP contribution in [0.3, 0.4) is 0 Å². The minimum Gasteiger partial charge on any atom is -0.288 e. The molecule has 2 amide bonds. The van der Waals surface area contributed by atoms with E-state index in [1.54, 1.807) is 6.21 Å². The number of amides is 2. The largest absolute Gasteiger partial charge is 0.288 e. The van der Waals surface area contributed by atoms with E-state index in [1.165, 1.54) is 29.7 Å². The summed E-state index contributed by atoms with van der Waals surface area (Å²) < 4.78 is 0. The molecule has 0 aromatic heterocycles. The fourth-order valence-corrected chi connectivity index (χ4v) is 2.46. The highest BCUT2D eigenvalue weighted by Crippen LogP contribution is 2.18. The lowest BCUT2D eigenvalue weighted by atomic mass is 10.0. The number of hydrogen-bond acceptors (Lipinski definition) is 4. The van der Waals surface area contributed by atoms with Gasteiger partial charge in [0, 0.05) is 11.1 Å². The molecule has 0 saturated heterocycles. The number of hydrogen-bond donors (Lipinski definition) is 3. The molecule has 0 aliphatic rings. The lowest BCUT2D eigenvalue weighted by Gasteiger charge is -2.03. The van der Waals surface area contributed by atoms with E-state index in [2.05, 4.69) is 10.5 Å². The molecule has 6 nitrogen and oxygen atoms in total. The molecule has 3 aromatic carbocycles. The summed E-state index contributed by atoms with van der Waals surface area (Å²) in [5, 5.41) is 12.5. The molecule has 3 N–H and O–H groups in total. The maximum Gasteiger partial charge on any atom is 0.274 e. The molecule has 0 spiro atoms. The van der Waals surface area contributed by atoms with Crippen LogP contribution in [0.2, 0.25) is 0 Å². The Balaban J connectivity index is 1.60. The van der Waals surface area contributed by atoms with Gasteiger partial charge in [0.1, 0.15) is 0 Å². The summed E-state index contributed by atoms with van der Waals surface area (Å²) in [4.78, 5) is 23.3. The van der Waals surface area contributed by atoms with Crippen LogP contribution < -0.4 is 10.9 Å². The average Bonchev–Trinajstić information content (AvgIpc) is 2.74. The van der Waals surface area contributed by atoms with Crippen molar-refractivity contribution in [2.45, 2.75) is 0 Å². The monoisotopic (exact) mass is 359 g/mol. The second-order valence-electron chi connectivity index (χ2n) is 5.71. The van der Waals surface area contributed by atoms with Crippen LogP contribution in [0.4, 0.5) is 0 Å². The summed E-state index contributed by atoms with van der Waals surface area (Å²) in [6.45, 7) is 0. The number of nitrogens with one attached hydrogen (secondary N) is 2. The molecule has 0 saturated carbocycles. The molecule has 0 radical (unpaired) electrons. The van der Waals surface area contributed by atoms with Crippen molar-refractivity contribution in [1.82, 2.24) is 10.9 Å². The predicted octanol–water partition coefficient (Wildman–Crippen LogP) is 3.24. The van der Waals surface area contributed by atoms with Gasteiger partial charge in [0.2, 0.25) is 0 Å². The zero-order valence-corrected chi connectivity index (χ0v) is 14.3. The van der Waals surface area contributed by atoms with Crippen LogP contribution in [0, 0.1) is 0 Å². The van der Waals surface area contributed by atoms with E-state index in [9.17, 15) is 9.59 Å². The van der Waals surface area contributed by atoms with Crippen molar-refractivity contribution in [2.75, 3.05) is 0 Å². The van der Waals surface area contributed by atoms with Crippen molar-refractivity contribution in [3.63, 3.8) is 0 Å². The highest BCUT2D eigenvalue weighted by molar-refractivity contribution is 5.97. The first-order valence-electron chi connectivity index (χ1n) is 8.21. The zero-order chi connectivity index (χ0) is 19.1. The first kappa shape index (κ1) is 18.0. The number of carbonyl (C=O) groups excluding carboxylic acids is 2. The Morgan fingerprint density at radius 3 is 1.89 bits per heavy atom. The van der Waals surface area contributed by atoms with Gasteiger partial charge in [0.25, 0.3) is 11.8 Å². The first-order chi connectivity index (χ1) is 13.2. The molecule has 0 bridgehead atoms. The third-order valence-corrected chi connectivity index (χ3v) is 3.91. The second kappa shape index (κ2) is 8.55. The fraction of sp³-hybridized carbons (Fsp3) is 0. The van der Waals surface area contributed by atoms with E-state index >= 15 is 0 Å². The maximum atomic E-state index is 12.0. The molecular weight excluding hydrogens is 342 g/mol. The highest BCUT2D eigenvalue weighted by atomic mass is 16.5. The van der Waals surface area contributed by atoms with Crippen LogP contribution >= 0.6 is 0 Å². The Kier molecular flexibility index (Phi) is 5.71. The molecule has 0 aliphatic heterocycles. The van der Waals surface area contributed by atoms with Crippen molar-refractivity contribution >= 4 is 18.0 Å². The Bertz CT molecular complexity index is 950. The van der Waals surface area contributed by atoms with Crippen molar-refractivity contribution in [2.24, 2.45) is 5.10 Å². The number of rotatable bonds is 5. The van der Waals surface area contributed by atoms with Gasteiger partial charge >= 0.3 is 0 Å². The van der Waals surface area contributed by atoms with Gasteiger partial charge in [-0.2, -0.15) is 5.10 Å². The van der Waals surface area contributed by atoms with Crippen molar-refractivity contribution in [1.29, 1.82) is 0 Å². The van der Waals surface area contributed by atoms with Crippen LogP contribution in [0.5, 0.6) is 0 Å². The van der Waals surface area contributed by atoms with Crippen LogP contribution in [0.1, 0.15) is 26.3 Å².